The van der Waals surface area contributed by atoms with Gasteiger partial charge in [0.2, 0.25) is 0 Å². The number of aromatic nitrogens is 1. The molecular weight excluding hydrogens is 404 g/mol. The van der Waals surface area contributed by atoms with Gasteiger partial charge in [-0.15, -0.1) is 0 Å². The molecule has 1 aliphatic heterocycles. The Morgan fingerprint density at radius 1 is 1.10 bits per heavy atom. The second-order valence-electron chi connectivity index (χ2n) is 7.08. The normalized spacial score (nSPS) is 16.3. The molecule has 0 spiro atoms. The van der Waals surface area contributed by atoms with E-state index < -0.39 is 35.7 Å². The van der Waals surface area contributed by atoms with E-state index >= 15 is 0 Å². The lowest BCUT2D eigenvalue weighted by molar-refractivity contribution is -0.122. The Morgan fingerprint density at radius 3 is 2.60 bits per heavy atom. The molecule has 1 aromatic heterocycles. The van der Waals surface area contributed by atoms with Crippen LogP contribution >= 0.6 is 0 Å². The molecule has 2 aromatic carbocycles. The quantitative estimate of drug-likeness (QED) is 0.406. The van der Waals surface area contributed by atoms with Gasteiger partial charge in [-0.05, 0) is 28.9 Å². The van der Waals surface area contributed by atoms with Crippen molar-refractivity contribution in [2.45, 2.75) is 11.0 Å². The number of carbonyl (C=O) groups is 2. The standard InChI is InChI=1S/C22H20N2O5S/c1-24-10-17(16-7-2-3-8-18(16)24)20-19(21(27)23-22(20)28)13-5-4-6-15(9-13)30(29)12-14(26)11-25/h2-10,14,25-26H,11-12H2,1H3,(H,23,27,28)/t14-,30?/m0/s1. The number of fused-ring (bicyclic) bond motifs is 1. The molecule has 2 heterocycles. The van der Waals surface area contributed by atoms with Gasteiger partial charge in [0.15, 0.2) is 4.90 Å². The van der Waals surface area contributed by atoms with Gasteiger partial charge in [-0.1, -0.05) is 30.3 Å². The van der Waals surface area contributed by atoms with E-state index in [4.69, 9.17) is 5.11 Å². The number of aryl methyl sites for hydroxylation is 1. The summed E-state index contributed by atoms with van der Waals surface area (Å²) in [4.78, 5) is 25.8. The number of amides is 2. The van der Waals surface area contributed by atoms with E-state index in [-0.39, 0.29) is 16.9 Å². The summed E-state index contributed by atoms with van der Waals surface area (Å²) in [5.41, 5.74) is 2.53. The second-order valence-corrected chi connectivity index (χ2v) is 8.58. The van der Waals surface area contributed by atoms with Crippen molar-refractivity contribution in [2.75, 3.05) is 12.4 Å². The van der Waals surface area contributed by atoms with Gasteiger partial charge in [0.25, 0.3) is 11.8 Å². The molecule has 7 nitrogen and oxygen atoms in total. The van der Waals surface area contributed by atoms with Crippen LogP contribution in [0.3, 0.4) is 0 Å². The first-order valence-electron chi connectivity index (χ1n) is 9.33. The van der Waals surface area contributed by atoms with E-state index in [1.54, 1.807) is 24.3 Å². The molecule has 3 aromatic rings. The van der Waals surface area contributed by atoms with Crippen LogP contribution in [0.4, 0.5) is 0 Å². The number of benzene rings is 2. The molecule has 8 heteroatoms. The number of carbonyl (C=O) groups excluding carboxylic acids is 2. The summed E-state index contributed by atoms with van der Waals surface area (Å²) in [6.07, 6.45) is 0.717. The van der Waals surface area contributed by atoms with Gasteiger partial charge in [-0.3, -0.25) is 14.9 Å². The van der Waals surface area contributed by atoms with Gasteiger partial charge >= 0.3 is 0 Å². The molecule has 1 unspecified atom stereocenters. The average molecular weight is 424 g/mol. The lowest BCUT2D eigenvalue weighted by Crippen LogP contribution is -2.24. The smallest absolute Gasteiger partial charge is 0.259 e. The van der Waals surface area contributed by atoms with E-state index in [1.807, 2.05) is 42.1 Å². The Hall–Kier alpha value is -2.91. The minimum atomic E-state index is -1.57. The third-order valence-electron chi connectivity index (χ3n) is 5.04. The fourth-order valence-corrected chi connectivity index (χ4v) is 4.78. The van der Waals surface area contributed by atoms with Crippen LogP contribution in [0, 0.1) is 0 Å². The van der Waals surface area contributed by atoms with E-state index in [0.29, 0.717) is 16.0 Å². The van der Waals surface area contributed by atoms with Crippen molar-refractivity contribution in [1.82, 2.24) is 9.88 Å². The Balaban J connectivity index is 1.85. The zero-order chi connectivity index (χ0) is 21.4. The monoisotopic (exact) mass is 424 g/mol. The summed E-state index contributed by atoms with van der Waals surface area (Å²) in [6, 6.07) is 14.1. The van der Waals surface area contributed by atoms with Crippen LogP contribution in [0.5, 0.6) is 0 Å². The first kappa shape index (κ1) is 20.4. The summed E-state index contributed by atoms with van der Waals surface area (Å²) < 4.78 is 14.4. The topological polar surface area (TPSA) is 115 Å². The predicted octanol–water partition coefficient (Wildman–Crippen LogP) is 1.21. The summed E-state index contributed by atoms with van der Waals surface area (Å²) in [7, 11) is 1.87. The molecule has 2 atom stereocenters. The van der Waals surface area contributed by atoms with Gasteiger partial charge in [0.05, 0.1) is 17.8 Å². The van der Waals surface area contributed by atoms with Crippen LogP contribution in [-0.2, 0) is 27.8 Å². The number of rotatable bonds is 6. The highest BCUT2D eigenvalue weighted by atomic mass is 32.2. The zero-order valence-corrected chi connectivity index (χ0v) is 17.0. The highest BCUT2D eigenvalue weighted by Gasteiger charge is 2.34. The molecule has 0 saturated carbocycles. The maximum atomic E-state index is 12.7. The molecule has 0 saturated heterocycles. The van der Waals surface area contributed by atoms with Crippen LogP contribution in [0.1, 0.15) is 11.1 Å². The molecule has 0 fully saturated rings. The van der Waals surface area contributed by atoms with Crippen LogP contribution < -0.4 is 5.32 Å². The minimum absolute atomic E-state index is 0.125. The minimum Gasteiger partial charge on any atom is -0.611 e. The SMILES string of the molecule is Cn1cc(C2=C(c3cccc([S+]([O-])C[C@@H](O)CO)c3)C(=O)NC2=O)c2ccccc21. The van der Waals surface area contributed by atoms with E-state index in [0.717, 1.165) is 10.9 Å². The fourth-order valence-electron chi connectivity index (χ4n) is 3.65. The van der Waals surface area contributed by atoms with Gasteiger partial charge < -0.3 is 19.3 Å². The van der Waals surface area contributed by atoms with E-state index in [9.17, 15) is 19.2 Å². The molecular formula is C22H20N2O5S. The third-order valence-corrected chi connectivity index (χ3v) is 6.50. The molecule has 4 rings (SSSR count). The van der Waals surface area contributed by atoms with Crippen molar-refractivity contribution in [3.05, 3.63) is 65.9 Å². The van der Waals surface area contributed by atoms with Crippen molar-refractivity contribution in [2.24, 2.45) is 7.05 Å². The summed E-state index contributed by atoms with van der Waals surface area (Å²) in [5, 5.41) is 21.8. The Kier molecular flexibility index (Phi) is 5.48. The molecule has 0 radical (unpaired) electrons. The number of imide groups is 1. The van der Waals surface area contributed by atoms with E-state index in [1.165, 1.54) is 0 Å². The number of aliphatic hydroxyl groups is 2. The Bertz CT molecular complexity index is 1180. The molecule has 2 amide bonds. The van der Waals surface area contributed by atoms with Crippen molar-refractivity contribution in [3.8, 4) is 0 Å². The molecule has 1 aliphatic rings. The average Bonchev–Trinajstić information content (AvgIpc) is 3.23. The number of nitrogens with one attached hydrogen (secondary N) is 1. The molecule has 30 heavy (non-hydrogen) atoms. The first-order valence-corrected chi connectivity index (χ1v) is 10.6. The lowest BCUT2D eigenvalue weighted by Gasteiger charge is -2.14. The Morgan fingerprint density at radius 2 is 1.83 bits per heavy atom. The molecule has 3 N–H and O–H groups in total. The van der Waals surface area contributed by atoms with Crippen molar-refractivity contribution >= 4 is 45.0 Å². The zero-order valence-electron chi connectivity index (χ0n) is 16.2. The van der Waals surface area contributed by atoms with Gasteiger partial charge in [0.1, 0.15) is 11.9 Å². The molecule has 154 valence electrons. The van der Waals surface area contributed by atoms with Crippen LogP contribution in [0.2, 0.25) is 0 Å². The van der Waals surface area contributed by atoms with Crippen molar-refractivity contribution in [3.63, 3.8) is 0 Å². The number of hydrogen-bond donors (Lipinski definition) is 3. The second kappa shape index (κ2) is 8.08. The maximum absolute atomic E-state index is 12.7. The maximum Gasteiger partial charge on any atom is 0.259 e. The fraction of sp³-hybridized carbons (Fsp3) is 0.182. The summed E-state index contributed by atoms with van der Waals surface area (Å²) >= 11 is -1.57. The van der Waals surface area contributed by atoms with Crippen molar-refractivity contribution < 1.29 is 24.4 Å². The van der Waals surface area contributed by atoms with Crippen LogP contribution in [-0.4, -0.2) is 49.6 Å². The highest BCUT2D eigenvalue weighted by Crippen LogP contribution is 2.36. The molecule has 0 bridgehead atoms. The van der Waals surface area contributed by atoms with Crippen molar-refractivity contribution in [1.29, 1.82) is 0 Å². The van der Waals surface area contributed by atoms with Gasteiger partial charge in [0, 0.05) is 35.8 Å². The van der Waals surface area contributed by atoms with Crippen LogP contribution in [0.15, 0.2) is 59.6 Å². The number of hydrogen-bond acceptors (Lipinski definition) is 5. The van der Waals surface area contributed by atoms with Gasteiger partial charge in [-0.25, -0.2) is 0 Å². The largest absolute Gasteiger partial charge is 0.611 e. The summed E-state index contributed by atoms with van der Waals surface area (Å²) in [5.74, 6) is -1.12. The first-order chi connectivity index (χ1) is 14.4. The number of aliphatic hydroxyl groups excluding tert-OH is 2. The van der Waals surface area contributed by atoms with Gasteiger partial charge in [-0.2, -0.15) is 0 Å². The third kappa shape index (κ3) is 3.54. The van der Waals surface area contributed by atoms with Crippen LogP contribution in [0.25, 0.3) is 22.0 Å². The highest BCUT2D eigenvalue weighted by molar-refractivity contribution is 7.91. The molecule has 0 aliphatic carbocycles. The lowest BCUT2D eigenvalue weighted by atomic mass is 9.96. The summed E-state index contributed by atoms with van der Waals surface area (Å²) in [6.45, 7) is -0.487. The number of para-hydroxylation sites is 1. The predicted molar refractivity (Wildman–Crippen MR) is 114 cm³/mol. The number of nitrogens with zero attached hydrogens (tertiary/aromatic N) is 1. The van der Waals surface area contributed by atoms with E-state index in [2.05, 4.69) is 5.32 Å². The Labute approximate surface area is 175 Å².